The van der Waals surface area contributed by atoms with Crippen molar-refractivity contribution in [1.29, 1.82) is 0 Å². The lowest BCUT2D eigenvalue weighted by Gasteiger charge is -2.15. The highest BCUT2D eigenvalue weighted by Crippen LogP contribution is 2.13. The quantitative estimate of drug-likeness (QED) is 0.614. The van der Waals surface area contributed by atoms with E-state index in [0.717, 1.165) is 12.2 Å². The van der Waals surface area contributed by atoms with Gasteiger partial charge in [0.05, 0.1) is 11.5 Å². The molecular weight excluding hydrogens is 292 g/mol. The number of hydrogen-bond acceptors (Lipinski definition) is 5. The van der Waals surface area contributed by atoms with Crippen molar-refractivity contribution in [2.75, 3.05) is 47.4 Å². The summed E-state index contributed by atoms with van der Waals surface area (Å²) >= 11 is 0. The van der Waals surface area contributed by atoms with Crippen LogP contribution in [0.25, 0.3) is 0 Å². The molecule has 0 unspecified atom stereocenters. The first kappa shape index (κ1) is 18.1. The lowest BCUT2D eigenvalue weighted by atomic mass is 10.4. The summed E-state index contributed by atoms with van der Waals surface area (Å²) in [5.41, 5.74) is 0.926. The molecule has 0 atom stereocenters. The van der Waals surface area contributed by atoms with E-state index >= 15 is 0 Å². The highest BCUT2D eigenvalue weighted by Gasteiger charge is 2.17. The highest BCUT2D eigenvalue weighted by atomic mass is 32.2. The van der Waals surface area contributed by atoms with Crippen molar-refractivity contribution in [1.82, 2.24) is 19.5 Å². The van der Waals surface area contributed by atoms with Gasteiger partial charge in [-0.15, -0.1) is 0 Å². The van der Waals surface area contributed by atoms with Gasteiger partial charge in [-0.05, 0) is 20.2 Å². The van der Waals surface area contributed by atoms with Gasteiger partial charge in [0.1, 0.15) is 0 Å². The molecule has 0 saturated carbocycles. The van der Waals surface area contributed by atoms with Crippen LogP contribution < -0.4 is 10.0 Å². The van der Waals surface area contributed by atoms with Crippen molar-refractivity contribution in [2.45, 2.75) is 11.4 Å². The number of rotatable bonds is 10. The highest BCUT2D eigenvalue weighted by molar-refractivity contribution is 7.89. The Morgan fingerprint density at radius 1 is 1.38 bits per heavy atom. The molecule has 1 aromatic rings. The summed E-state index contributed by atoms with van der Waals surface area (Å²) in [7, 11) is 3.79. The van der Waals surface area contributed by atoms with Gasteiger partial charge in [-0.25, -0.2) is 13.1 Å². The fraction of sp³-hybridized carbons (Fsp3) is 0.692. The lowest BCUT2D eigenvalue weighted by molar-refractivity contribution is 0.162. The van der Waals surface area contributed by atoms with Gasteiger partial charge in [-0.1, -0.05) is 0 Å². The van der Waals surface area contributed by atoms with E-state index in [9.17, 15) is 8.42 Å². The Morgan fingerprint density at radius 3 is 2.71 bits per heavy atom. The summed E-state index contributed by atoms with van der Waals surface area (Å²) in [6, 6.07) is 1.69. The molecule has 122 valence electrons. The summed E-state index contributed by atoms with van der Waals surface area (Å²) in [5, 5.41) is 3.01. The monoisotopic (exact) mass is 318 g/mol. The van der Waals surface area contributed by atoms with Crippen LogP contribution in [0, 0.1) is 0 Å². The Labute approximate surface area is 127 Å². The van der Waals surface area contributed by atoms with Crippen molar-refractivity contribution in [3.8, 4) is 0 Å². The van der Waals surface area contributed by atoms with Crippen LogP contribution in [0.2, 0.25) is 0 Å². The van der Waals surface area contributed by atoms with E-state index in [1.54, 1.807) is 19.4 Å². The predicted octanol–water partition coefficient (Wildman–Crippen LogP) is -0.399. The molecular formula is C13H26N4O3S. The molecule has 0 aliphatic rings. The second-order valence-corrected chi connectivity index (χ2v) is 6.77. The smallest absolute Gasteiger partial charge is 0.242 e. The van der Waals surface area contributed by atoms with E-state index in [-0.39, 0.29) is 0 Å². The molecule has 0 spiro atoms. The van der Waals surface area contributed by atoms with Crippen LogP contribution in [-0.4, -0.2) is 65.3 Å². The minimum Gasteiger partial charge on any atom is -0.383 e. The molecule has 0 aliphatic heterocycles. The summed E-state index contributed by atoms with van der Waals surface area (Å²) in [5.74, 6) is 0. The van der Waals surface area contributed by atoms with Crippen molar-refractivity contribution in [2.24, 2.45) is 7.05 Å². The Kier molecular flexibility index (Phi) is 7.33. The van der Waals surface area contributed by atoms with E-state index in [1.165, 1.54) is 0 Å². The molecule has 0 radical (unpaired) electrons. The number of nitrogens with one attached hydrogen (secondary N) is 2. The SMILES string of the molecule is CNCc1cc(S(=O)(=O)NCCN(C)CCOC)cn1C. The van der Waals surface area contributed by atoms with Crippen LogP contribution in [-0.2, 0) is 28.4 Å². The number of nitrogens with zero attached hydrogens (tertiary/aromatic N) is 2. The number of ether oxygens (including phenoxy) is 1. The molecule has 0 aliphatic carbocycles. The van der Waals surface area contributed by atoms with Crippen LogP contribution in [0.5, 0.6) is 0 Å². The minimum atomic E-state index is -3.45. The zero-order valence-corrected chi connectivity index (χ0v) is 14.0. The summed E-state index contributed by atoms with van der Waals surface area (Å²) in [6.07, 6.45) is 1.63. The van der Waals surface area contributed by atoms with E-state index in [2.05, 4.69) is 10.0 Å². The third kappa shape index (κ3) is 5.76. The van der Waals surface area contributed by atoms with Crippen LogP contribution in [0.3, 0.4) is 0 Å². The molecule has 0 amide bonds. The van der Waals surface area contributed by atoms with Gasteiger partial charge < -0.3 is 19.5 Å². The molecule has 2 N–H and O–H groups in total. The maximum Gasteiger partial charge on any atom is 0.242 e. The van der Waals surface area contributed by atoms with Crippen molar-refractivity contribution < 1.29 is 13.2 Å². The van der Waals surface area contributed by atoms with Crippen LogP contribution in [0.4, 0.5) is 0 Å². The minimum absolute atomic E-state index is 0.301. The third-order valence-electron chi connectivity index (χ3n) is 3.21. The fourth-order valence-corrected chi connectivity index (χ4v) is 3.01. The first-order valence-corrected chi connectivity index (χ1v) is 8.36. The lowest BCUT2D eigenvalue weighted by Crippen LogP contribution is -2.34. The topological polar surface area (TPSA) is 75.6 Å². The van der Waals surface area contributed by atoms with Crippen LogP contribution in [0.15, 0.2) is 17.2 Å². The number of likely N-dealkylation sites (N-methyl/N-ethyl adjacent to an activating group) is 1. The van der Waals surface area contributed by atoms with Crippen LogP contribution in [0.1, 0.15) is 5.69 Å². The summed E-state index contributed by atoms with van der Waals surface area (Å²) in [6.45, 7) is 3.05. The summed E-state index contributed by atoms with van der Waals surface area (Å²) < 4.78 is 33.8. The predicted molar refractivity (Wildman–Crippen MR) is 82.7 cm³/mol. The molecule has 1 rings (SSSR count). The molecule has 1 heterocycles. The average molecular weight is 318 g/mol. The van der Waals surface area contributed by atoms with Gasteiger partial charge in [0.15, 0.2) is 0 Å². The van der Waals surface area contributed by atoms with E-state index in [0.29, 0.717) is 31.1 Å². The molecule has 0 saturated heterocycles. The number of hydrogen-bond donors (Lipinski definition) is 2. The third-order valence-corrected chi connectivity index (χ3v) is 4.64. The van der Waals surface area contributed by atoms with Crippen molar-refractivity contribution in [3.05, 3.63) is 18.0 Å². The summed E-state index contributed by atoms with van der Waals surface area (Å²) in [4.78, 5) is 2.32. The Morgan fingerprint density at radius 2 is 2.10 bits per heavy atom. The molecule has 0 fully saturated rings. The molecule has 7 nitrogen and oxygen atoms in total. The molecule has 0 bridgehead atoms. The molecule has 8 heteroatoms. The second kappa shape index (κ2) is 8.50. The maximum atomic E-state index is 12.2. The Hall–Kier alpha value is -0.930. The van der Waals surface area contributed by atoms with E-state index in [4.69, 9.17) is 4.74 Å². The average Bonchev–Trinajstić information content (AvgIpc) is 2.79. The molecule has 21 heavy (non-hydrogen) atoms. The Bertz CT molecular complexity index is 528. The largest absolute Gasteiger partial charge is 0.383 e. The maximum absolute atomic E-state index is 12.2. The zero-order chi connectivity index (χ0) is 15.9. The standard InChI is InChI=1S/C13H26N4O3S/c1-14-10-12-9-13(11-17(12)3)21(18,19)15-5-6-16(2)7-8-20-4/h9,11,14-15H,5-8,10H2,1-4H3. The van der Waals surface area contributed by atoms with Crippen molar-refractivity contribution >= 4 is 10.0 Å². The normalized spacial score (nSPS) is 12.2. The van der Waals surface area contributed by atoms with E-state index in [1.807, 2.05) is 30.6 Å². The van der Waals surface area contributed by atoms with E-state index < -0.39 is 10.0 Å². The Balaban J connectivity index is 2.55. The fourth-order valence-electron chi connectivity index (χ4n) is 1.89. The molecule has 0 aromatic carbocycles. The molecule has 1 aromatic heterocycles. The second-order valence-electron chi connectivity index (χ2n) is 5.00. The van der Waals surface area contributed by atoms with Gasteiger partial charge >= 0.3 is 0 Å². The van der Waals surface area contributed by atoms with Gasteiger partial charge in [0.2, 0.25) is 10.0 Å². The number of aromatic nitrogens is 1. The van der Waals surface area contributed by atoms with Gasteiger partial charge in [-0.2, -0.15) is 0 Å². The number of methoxy groups -OCH3 is 1. The first-order chi connectivity index (χ1) is 9.90. The van der Waals surface area contributed by atoms with Gasteiger partial charge in [-0.3, -0.25) is 0 Å². The first-order valence-electron chi connectivity index (χ1n) is 6.87. The van der Waals surface area contributed by atoms with Crippen LogP contribution >= 0.6 is 0 Å². The zero-order valence-electron chi connectivity index (χ0n) is 13.2. The van der Waals surface area contributed by atoms with Gasteiger partial charge in [0, 0.05) is 52.2 Å². The van der Waals surface area contributed by atoms with Crippen molar-refractivity contribution in [3.63, 3.8) is 0 Å². The number of aryl methyl sites for hydroxylation is 1. The number of sulfonamides is 1. The van der Waals surface area contributed by atoms with Gasteiger partial charge in [0.25, 0.3) is 0 Å².